The second kappa shape index (κ2) is 9.98. The van der Waals surface area contributed by atoms with E-state index < -0.39 is 0 Å². The van der Waals surface area contributed by atoms with Crippen molar-refractivity contribution in [1.29, 1.82) is 0 Å². The van der Waals surface area contributed by atoms with Crippen LogP contribution in [0.5, 0.6) is 5.75 Å². The standard InChI is InChI=1S/C29H23ClN2O2S/c1-18-7-13-23(15-19(18)2)31-29-32-28(33)27(35-29)16-25-24-6-4-3-5-21(24)10-14-26(25)34-17-20-8-11-22(30)12-9-20/h3-16H,17H2,1-2H3,(H,31,32,33)/b27-16-. The van der Waals surface area contributed by atoms with Gasteiger partial charge in [0.25, 0.3) is 5.91 Å². The number of ether oxygens (including phenoxy) is 1. The lowest BCUT2D eigenvalue weighted by atomic mass is 10.0. The summed E-state index contributed by atoms with van der Waals surface area (Å²) in [5.74, 6) is 0.535. The van der Waals surface area contributed by atoms with Gasteiger partial charge >= 0.3 is 0 Å². The van der Waals surface area contributed by atoms with Crippen molar-refractivity contribution in [3.8, 4) is 5.75 Å². The molecular formula is C29H23ClN2O2S. The number of hydrogen-bond acceptors (Lipinski definition) is 4. The zero-order chi connectivity index (χ0) is 24.4. The Hall–Kier alpha value is -3.54. The molecule has 0 bridgehead atoms. The Labute approximate surface area is 213 Å². The van der Waals surface area contributed by atoms with Gasteiger partial charge < -0.3 is 10.1 Å². The first kappa shape index (κ1) is 23.2. The van der Waals surface area contributed by atoms with E-state index >= 15 is 0 Å². The molecule has 1 fully saturated rings. The minimum atomic E-state index is -0.172. The van der Waals surface area contributed by atoms with Crippen LogP contribution in [0.3, 0.4) is 0 Å². The molecule has 1 amide bonds. The van der Waals surface area contributed by atoms with Crippen LogP contribution in [-0.4, -0.2) is 11.1 Å². The molecule has 35 heavy (non-hydrogen) atoms. The number of fused-ring (bicyclic) bond motifs is 1. The molecule has 4 aromatic carbocycles. The van der Waals surface area contributed by atoms with Gasteiger partial charge in [-0.1, -0.05) is 60.1 Å². The summed E-state index contributed by atoms with van der Waals surface area (Å²) in [6, 6.07) is 25.6. The summed E-state index contributed by atoms with van der Waals surface area (Å²) in [4.78, 5) is 18.0. The Bertz CT molecular complexity index is 1490. The molecule has 1 aliphatic rings. The van der Waals surface area contributed by atoms with E-state index in [0.29, 0.717) is 27.5 Å². The molecule has 1 aliphatic heterocycles. The van der Waals surface area contributed by atoms with Crippen molar-refractivity contribution < 1.29 is 9.53 Å². The van der Waals surface area contributed by atoms with Gasteiger partial charge in [-0.2, -0.15) is 0 Å². The van der Waals surface area contributed by atoms with Crippen LogP contribution in [0.15, 0.2) is 88.8 Å². The third-order valence-electron chi connectivity index (χ3n) is 5.89. The average Bonchev–Trinajstić information content (AvgIpc) is 3.20. The SMILES string of the molecule is Cc1ccc(N=C2NC(=O)/C(=C/c3c(OCc4ccc(Cl)cc4)ccc4ccccc34)S2)cc1C. The molecule has 0 aliphatic carbocycles. The minimum Gasteiger partial charge on any atom is -0.488 e. The number of amides is 1. The molecule has 1 saturated heterocycles. The van der Waals surface area contributed by atoms with Gasteiger partial charge in [0.15, 0.2) is 5.17 Å². The normalized spacial score (nSPS) is 15.7. The molecule has 174 valence electrons. The molecule has 0 aromatic heterocycles. The maximum atomic E-state index is 12.8. The number of rotatable bonds is 5. The summed E-state index contributed by atoms with van der Waals surface area (Å²) in [6.45, 7) is 4.51. The number of aliphatic imine (C=N–C) groups is 1. The van der Waals surface area contributed by atoms with Crippen LogP contribution < -0.4 is 10.1 Å². The number of hydrogen-bond donors (Lipinski definition) is 1. The maximum absolute atomic E-state index is 12.8. The van der Waals surface area contributed by atoms with Crippen molar-refractivity contribution in [1.82, 2.24) is 5.32 Å². The number of benzene rings is 4. The predicted octanol–water partition coefficient (Wildman–Crippen LogP) is 7.58. The van der Waals surface area contributed by atoms with Crippen molar-refractivity contribution in [3.63, 3.8) is 0 Å². The molecular weight excluding hydrogens is 476 g/mol. The fourth-order valence-corrected chi connectivity index (χ4v) is 4.77. The van der Waals surface area contributed by atoms with Gasteiger partial charge in [-0.3, -0.25) is 4.79 Å². The van der Waals surface area contributed by atoms with Crippen LogP contribution in [0.1, 0.15) is 22.3 Å². The lowest BCUT2D eigenvalue weighted by Gasteiger charge is -2.13. The fraction of sp³-hybridized carbons (Fsp3) is 0.103. The van der Waals surface area contributed by atoms with Gasteiger partial charge in [0.05, 0.1) is 10.6 Å². The van der Waals surface area contributed by atoms with E-state index in [1.54, 1.807) is 0 Å². The summed E-state index contributed by atoms with van der Waals surface area (Å²) in [7, 11) is 0. The van der Waals surface area contributed by atoms with Gasteiger partial charge in [0.2, 0.25) is 0 Å². The molecule has 1 N–H and O–H groups in total. The summed E-state index contributed by atoms with van der Waals surface area (Å²) in [5.41, 5.74) is 5.06. The van der Waals surface area contributed by atoms with Crippen LogP contribution in [0, 0.1) is 13.8 Å². The van der Waals surface area contributed by atoms with Crippen LogP contribution >= 0.6 is 23.4 Å². The third kappa shape index (κ3) is 5.26. The molecule has 6 heteroatoms. The topological polar surface area (TPSA) is 50.7 Å². The molecule has 0 spiro atoms. The molecule has 4 nitrogen and oxygen atoms in total. The molecule has 0 unspecified atom stereocenters. The minimum absolute atomic E-state index is 0.172. The highest BCUT2D eigenvalue weighted by molar-refractivity contribution is 8.18. The van der Waals surface area contributed by atoms with Crippen LogP contribution in [0.4, 0.5) is 5.69 Å². The Kier molecular flexibility index (Phi) is 6.62. The van der Waals surface area contributed by atoms with Crippen LogP contribution in [0.2, 0.25) is 5.02 Å². The van der Waals surface area contributed by atoms with E-state index in [9.17, 15) is 4.79 Å². The van der Waals surface area contributed by atoms with Gasteiger partial charge in [-0.25, -0.2) is 4.99 Å². The largest absolute Gasteiger partial charge is 0.488 e. The van der Waals surface area contributed by atoms with Crippen molar-refractivity contribution in [2.75, 3.05) is 0 Å². The lowest BCUT2D eigenvalue weighted by Crippen LogP contribution is -2.19. The Morgan fingerprint density at radius 2 is 1.77 bits per heavy atom. The Morgan fingerprint density at radius 3 is 2.57 bits per heavy atom. The first-order valence-electron chi connectivity index (χ1n) is 11.2. The van der Waals surface area contributed by atoms with Crippen molar-refractivity contribution >= 4 is 57.0 Å². The summed E-state index contributed by atoms with van der Waals surface area (Å²) in [5, 5.41) is 6.23. The van der Waals surface area contributed by atoms with E-state index in [4.69, 9.17) is 16.3 Å². The quantitative estimate of drug-likeness (QED) is 0.288. The van der Waals surface area contributed by atoms with Crippen molar-refractivity contribution in [3.05, 3.63) is 111 Å². The highest BCUT2D eigenvalue weighted by Gasteiger charge is 2.25. The number of carbonyl (C=O) groups excluding carboxylic acids is 1. The van der Waals surface area contributed by atoms with E-state index in [1.165, 1.54) is 17.3 Å². The van der Waals surface area contributed by atoms with Crippen LogP contribution in [-0.2, 0) is 11.4 Å². The number of halogens is 1. The van der Waals surface area contributed by atoms with Gasteiger partial charge in [0.1, 0.15) is 12.4 Å². The van der Waals surface area contributed by atoms with Crippen LogP contribution in [0.25, 0.3) is 16.8 Å². The monoisotopic (exact) mass is 498 g/mol. The molecule has 5 rings (SSSR count). The highest BCUT2D eigenvalue weighted by atomic mass is 35.5. The van der Waals surface area contributed by atoms with Crippen molar-refractivity contribution in [2.45, 2.75) is 20.5 Å². The number of nitrogens with zero attached hydrogens (tertiary/aromatic N) is 1. The summed E-state index contributed by atoms with van der Waals surface area (Å²) in [6.07, 6.45) is 1.89. The number of thioether (sulfide) groups is 1. The Morgan fingerprint density at radius 1 is 0.971 bits per heavy atom. The lowest BCUT2D eigenvalue weighted by molar-refractivity contribution is -0.115. The number of amidine groups is 1. The molecule has 0 saturated carbocycles. The summed E-state index contributed by atoms with van der Waals surface area (Å²) >= 11 is 7.34. The highest BCUT2D eigenvalue weighted by Crippen LogP contribution is 2.35. The first-order chi connectivity index (χ1) is 17.0. The predicted molar refractivity (Wildman–Crippen MR) is 146 cm³/mol. The van der Waals surface area contributed by atoms with Crippen molar-refractivity contribution in [2.24, 2.45) is 4.99 Å². The number of nitrogens with one attached hydrogen (secondary N) is 1. The maximum Gasteiger partial charge on any atom is 0.264 e. The molecule has 0 atom stereocenters. The van der Waals surface area contributed by atoms with E-state index in [0.717, 1.165) is 33.2 Å². The first-order valence-corrected chi connectivity index (χ1v) is 12.4. The second-order valence-corrected chi connectivity index (χ2v) is 9.83. The average molecular weight is 499 g/mol. The molecule has 4 aromatic rings. The fourth-order valence-electron chi connectivity index (χ4n) is 3.82. The molecule has 0 radical (unpaired) electrons. The smallest absolute Gasteiger partial charge is 0.264 e. The zero-order valence-corrected chi connectivity index (χ0v) is 20.9. The van der Waals surface area contributed by atoms with Gasteiger partial charge in [0, 0.05) is 10.6 Å². The summed E-state index contributed by atoms with van der Waals surface area (Å²) < 4.78 is 6.20. The number of carbonyl (C=O) groups is 1. The van der Waals surface area contributed by atoms with E-state index in [1.807, 2.05) is 78.9 Å². The van der Waals surface area contributed by atoms with E-state index in [2.05, 4.69) is 30.2 Å². The second-order valence-electron chi connectivity index (χ2n) is 8.36. The Balaban J connectivity index is 1.48. The number of aryl methyl sites for hydroxylation is 2. The zero-order valence-electron chi connectivity index (χ0n) is 19.3. The third-order valence-corrected chi connectivity index (χ3v) is 7.05. The van der Waals surface area contributed by atoms with Gasteiger partial charge in [-0.15, -0.1) is 0 Å². The van der Waals surface area contributed by atoms with E-state index in [-0.39, 0.29) is 5.91 Å². The van der Waals surface area contributed by atoms with Gasteiger partial charge in [-0.05, 0) is 89.5 Å². The molecule has 1 heterocycles.